The van der Waals surface area contributed by atoms with Gasteiger partial charge in [0.05, 0.1) is 13.0 Å². The fourth-order valence-corrected chi connectivity index (χ4v) is 5.03. The van der Waals surface area contributed by atoms with Crippen molar-refractivity contribution in [3.8, 4) is 0 Å². The molecule has 0 fully saturated rings. The molecule has 1 aromatic heterocycles. The lowest BCUT2D eigenvalue weighted by atomic mass is 10.00. The van der Waals surface area contributed by atoms with Gasteiger partial charge in [-0.25, -0.2) is 14.8 Å². The molecule has 2 unspecified atom stereocenters. The summed E-state index contributed by atoms with van der Waals surface area (Å²) in [6.07, 6.45) is 10.5. The number of ether oxygens (including phenoxy) is 2. The predicted molar refractivity (Wildman–Crippen MR) is 155 cm³/mol. The lowest BCUT2D eigenvalue weighted by molar-refractivity contribution is -0.153. The Balaban J connectivity index is 1.66. The Kier molecular flexibility index (Phi) is 12.4. The summed E-state index contributed by atoms with van der Waals surface area (Å²) in [6, 6.07) is -0.963. The van der Waals surface area contributed by atoms with Crippen molar-refractivity contribution in [2.45, 2.75) is 103 Å². The molecule has 1 aromatic rings. The second kappa shape index (κ2) is 15.7. The highest BCUT2D eigenvalue weighted by Gasteiger charge is 2.43. The van der Waals surface area contributed by atoms with Crippen LogP contribution in [0, 0.1) is 5.92 Å². The van der Waals surface area contributed by atoms with E-state index < -0.39 is 29.6 Å². The van der Waals surface area contributed by atoms with Crippen molar-refractivity contribution in [3.63, 3.8) is 0 Å². The number of allylic oxidation sites excluding steroid dienone is 1. The van der Waals surface area contributed by atoms with Crippen LogP contribution in [0.3, 0.4) is 0 Å². The molecule has 2 aliphatic heterocycles. The lowest BCUT2D eigenvalue weighted by Gasteiger charge is -2.26. The van der Waals surface area contributed by atoms with Crippen LogP contribution >= 0.6 is 11.8 Å². The Labute approximate surface area is 245 Å². The fraction of sp³-hybridized carbons (Fsp3) is 0.655. The van der Waals surface area contributed by atoms with Gasteiger partial charge in [-0.1, -0.05) is 64.3 Å². The number of carbonyl (C=O) groups is 4. The third kappa shape index (κ3) is 10.0. The standard InChI is InChI=1S/C29H42N4O7S/c1-5-6-7-8-9-13-24(35)41-14-11-10-12-20-15-22(34)30-16-23-31-21(17-38-23)26-33-29(4,18-39-26)28(37)32-25(19(2)3)27(36)40-20/h10,12,17,19-20,25H,5-9,11,13-16,18H2,1-4H3,(H,30,34)(H,32,37)/b12-10+/t20?,25?,29-/m0/s1. The zero-order valence-corrected chi connectivity index (χ0v) is 25.2. The molecule has 0 spiro atoms. The first-order valence-electron chi connectivity index (χ1n) is 14.4. The highest BCUT2D eigenvalue weighted by atomic mass is 32.2. The summed E-state index contributed by atoms with van der Waals surface area (Å²) in [4.78, 5) is 60.0. The highest BCUT2D eigenvalue weighted by Crippen LogP contribution is 2.23. The third-order valence-electron chi connectivity index (χ3n) is 6.78. The number of thioether (sulfide) groups is 1. The summed E-state index contributed by atoms with van der Waals surface area (Å²) in [5.74, 6) is -0.830. The molecule has 2 amide bonds. The molecule has 2 N–H and O–H groups in total. The SMILES string of the molecule is CCCCCCCC(=O)SCC/C=C/C1CC(=O)NCc2nc(co2)C2=N[C@@](C)(CO2)C(=O)NC(C(C)C)C(=O)O1. The Morgan fingerprint density at radius 2 is 2.00 bits per heavy atom. The quantitative estimate of drug-likeness (QED) is 0.223. The number of hydrogen-bond acceptors (Lipinski definition) is 10. The average Bonchev–Trinajstić information content (AvgIpc) is 3.56. The molecule has 0 aromatic carbocycles. The van der Waals surface area contributed by atoms with Crippen LogP contribution in [-0.4, -0.2) is 63.8 Å². The molecule has 226 valence electrons. The second-order valence-corrected chi connectivity index (χ2v) is 12.0. The Bertz CT molecular complexity index is 1130. The van der Waals surface area contributed by atoms with Crippen LogP contribution in [0.15, 0.2) is 27.8 Å². The normalized spacial score (nSPS) is 23.6. The van der Waals surface area contributed by atoms with Gasteiger partial charge in [0.25, 0.3) is 5.91 Å². The van der Waals surface area contributed by atoms with Crippen LogP contribution in [0.25, 0.3) is 0 Å². The number of carbonyl (C=O) groups excluding carboxylic acids is 4. The molecule has 3 atom stereocenters. The van der Waals surface area contributed by atoms with Gasteiger partial charge in [-0.2, -0.15) is 0 Å². The Morgan fingerprint density at radius 3 is 2.76 bits per heavy atom. The molecule has 0 aliphatic carbocycles. The first-order valence-corrected chi connectivity index (χ1v) is 15.4. The van der Waals surface area contributed by atoms with E-state index >= 15 is 0 Å². The second-order valence-electron chi connectivity index (χ2n) is 10.9. The van der Waals surface area contributed by atoms with E-state index in [1.54, 1.807) is 26.8 Å². The van der Waals surface area contributed by atoms with Crippen molar-refractivity contribution in [1.82, 2.24) is 15.6 Å². The molecule has 4 bridgehead atoms. The molecule has 12 heteroatoms. The summed E-state index contributed by atoms with van der Waals surface area (Å²) in [7, 11) is 0. The number of unbranched alkanes of at least 4 members (excludes halogenated alkanes) is 4. The van der Waals surface area contributed by atoms with Crippen LogP contribution in [0.4, 0.5) is 0 Å². The topological polar surface area (TPSA) is 149 Å². The van der Waals surface area contributed by atoms with E-state index in [9.17, 15) is 19.2 Å². The van der Waals surface area contributed by atoms with Crippen LogP contribution < -0.4 is 10.6 Å². The number of aromatic nitrogens is 1. The van der Waals surface area contributed by atoms with Gasteiger partial charge in [-0.15, -0.1) is 0 Å². The maximum absolute atomic E-state index is 13.2. The maximum atomic E-state index is 13.2. The Morgan fingerprint density at radius 1 is 1.22 bits per heavy atom. The molecular formula is C29H42N4O7S. The molecule has 0 saturated carbocycles. The minimum Gasteiger partial charge on any atom is -0.473 e. The molecule has 2 aliphatic rings. The van der Waals surface area contributed by atoms with E-state index in [1.807, 2.05) is 6.08 Å². The van der Waals surface area contributed by atoms with Gasteiger partial charge in [-0.3, -0.25) is 14.4 Å². The monoisotopic (exact) mass is 590 g/mol. The van der Waals surface area contributed by atoms with E-state index in [0.717, 1.165) is 19.3 Å². The summed E-state index contributed by atoms with van der Waals surface area (Å²) >= 11 is 1.29. The molecule has 3 heterocycles. The molecule has 41 heavy (non-hydrogen) atoms. The summed E-state index contributed by atoms with van der Waals surface area (Å²) < 4.78 is 16.8. The number of esters is 1. The van der Waals surface area contributed by atoms with Crippen molar-refractivity contribution >= 4 is 40.6 Å². The van der Waals surface area contributed by atoms with Gasteiger partial charge >= 0.3 is 5.97 Å². The molecular weight excluding hydrogens is 548 g/mol. The predicted octanol–water partition coefficient (Wildman–Crippen LogP) is 3.85. The largest absolute Gasteiger partial charge is 0.473 e. The van der Waals surface area contributed by atoms with E-state index in [0.29, 0.717) is 24.3 Å². The molecule has 11 nitrogen and oxygen atoms in total. The zero-order chi connectivity index (χ0) is 29.8. The number of nitrogens with one attached hydrogen (secondary N) is 2. The number of aliphatic imine (C=N–C) groups is 1. The van der Waals surface area contributed by atoms with E-state index in [4.69, 9.17) is 13.9 Å². The van der Waals surface area contributed by atoms with Crippen LogP contribution in [0.2, 0.25) is 0 Å². The van der Waals surface area contributed by atoms with E-state index in [-0.39, 0.29) is 48.3 Å². The van der Waals surface area contributed by atoms with Crippen molar-refractivity contribution < 1.29 is 33.1 Å². The molecule has 3 rings (SSSR count). The summed E-state index contributed by atoms with van der Waals surface area (Å²) in [5.41, 5.74) is -0.955. The van der Waals surface area contributed by atoms with Gasteiger partial charge in [-0.05, 0) is 31.8 Å². The van der Waals surface area contributed by atoms with E-state index in [2.05, 4.69) is 27.5 Å². The first kappa shape index (κ1) is 32.4. The number of fused-ring (bicyclic) bond motifs is 4. The van der Waals surface area contributed by atoms with Crippen molar-refractivity contribution in [1.29, 1.82) is 0 Å². The smallest absolute Gasteiger partial charge is 0.329 e. The third-order valence-corrected chi connectivity index (χ3v) is 7.75. The first-order chi connectivity index (χ1) is 19.6. The zero-order valence-electron chi connectivity index (χ0n) is 24.4. The fourth-order valence-electron chi connectivity index (χ4n) is 4.26. The maximum Gasteiger partial charge on any atom is 0.329 e. The van der Waals surface area contributed by atoms with Crippen LogP contribution in [0.5, 0.6) is 0 Å². The van der Waals surface area contributed by atoms with Crippen LogP contribution in [0.1, 0.15) is 90.6 Å². The lowest BCUT2D eigenvalue weighted by Crippen LogP contribution is -2.53. The van der Waals surface area contributed by atoms with Crippen molar-refractivity contribution in [2.75, 3.05) is 12.4 Å². The number of amides is 2. The number of cyclic esters (lactones) is 1. The minimum atomic E-state index is -1.27. The number of oxazole rings is 1. The highest BCUT2D eigenvalue weighted by molar-refractivity contribution is 8.13. The summed E-state index contributed by atoms with van der Waals surface area (Å²) in [5, 5.41) is 5.65. The van der Waals surface area contributed by atoms with Crippen molar-refractivity contribution in [3.05, 3.63) is 30.0 Å². The van der Waals surface area contributed by atoms with Gasteiger partial charge in [0.15, 0.2) is 16.3 Å². The molecule has 0 radical (unpaired) electrons. The number of hydrogen-bond donors (Lipinski definition) is 2. The number of rotatable bonds is 11. The minimum absolute atomic E-state index is 0.0140. The molecule has 0 saturated heterocycles. The van der Waals surface area contributed by atoms with Gasteiger partial charge in [0, 0.05) is 12.2 Å². The van der Waals surface area contributed by atoms with Crippen LogP contribution in [-0.2, 0) is 35.2 Å². The van der Waals surface area contributed by atoms with Crippen molar-refractivity contribution in [2.24, 2.45) is 10.9 Å². The van der Waals surface area contributed by atoms with Gasteiger partial charge in [0.1, 0.15) is 25.0 Å². The summed E-state index contributed by atoms with van der Waals surface area (Å²) in [6.45, 7) is 7.34. The van der Waals surface area contributed by atoms with E-state index in [1.165, 1.54) is 30.9 Å². The van der Waals surface area contributed by atoms with Gasteiger partial charge in [0.2, 0.25) is 17.7 Å². The average molecular weight is 591 g/mol. The number of nitrogens with zero attached hydrogens (tertiary/aromatic N) is 2. The Hall–Kier alpha value is -3.15. The van der Waals surface area contributed by atoms with Gasteiger partial charge < -0.3 is 24.5 Å².